The molecule has 3 atom stereocenters. The predicted octanol–water partition coefficient (Wildman–Crippen LogP) is 7.42. The van der Waals surface area contributed by atoms with E-state index < -0.39 is 0 Å². The van der Waals surface area contributed by atoms with Gasteiger partial charge in [-0.3, -0.25) is 0 Å². The molecule has 2 aliphatic heterocycles. The van der Waals surface area contributed by atoms with Crippen LogP contribution in [-0.2, 0) is 9.47 Å². The van der Waals surface area contributed by atoms with E-state index in [-0.39, 0.29) is 0 Å². The maximum atomic E-state index is 6.29. The van der Waals surface area contributed by atoms with E-state index in [4.69, 9.17) is 18.9 Å². The van der Waals surface area contributed by atoms with Crippen molar-refractivity contribution in [3.05, 3.63) is 65.2 Å². The zero-order valence-corrected chi connectivity index (χ0v) is 21.5. The van der Waals surface area contributed by atoms with Crippen molar-refractivity contribution in [3.8, 4) is 11.5 Å². The highest BCUT2D eigenvalue weighted by atomic mass is 16.6. The molecule has 2 aromatic rings. The number of benzene rings is 2. The van der Waals surface area contributed by atoms with Crippen LogP contribution in [0.4, 0.5) is 0 Å². The van der Waals surface area contributed by atoms with E-state index in [1.54, 1.807) is 0 Å². The smallest absolute Gasteiger partial charge is 0.122 e. The van der Waals surface area contributed by atoms with Crippen LogP contribution in [0.5, 0.6) is 11.5 Å². The molecule has 0 aromatic heterocycles. The van der Waals surface area contributed by atoms with Crippen LogP contribution in [0.15, 0.2) is 48.5 Å². The van der Waals surface area contributed by atoms with Gasteiger partial charge in [-0.1, -0.05) is 56.4 Å². The number of rotatable bonds is 9. The van der Waals surface area contributed by atoms with Crippen LogP contribution in [0.2, 0.25) is 0 Å². The fourth-order valence-corrected chi connectivity index (χ4v) is 5.90. The Hall–Kier alpha value is -2.30. The molecule has 36 heavy (non-hydrogen) atoms. The van der Waals surface area contributed by atoms with E-state index in [9.17, 15) is 0 Å². The van der Waals surface area contributed by atoms with Crippen molar-refractivity contribution in [2.45, 2.75) is 88.3 Å². The standard InChI is InChI=1S/C32H40O4/c1-2-4-6-26(7-5-3-1)31-18-27(14-17-32(31)36-22-30-21-35-30)25-10-8-23(9-11-25)24-12-15-28(16-13-24)33-19-29-20-34-29/h10,12-18,23,26,29-30H,1-9,11,19-22H2. The lowest BCUT2D eigenvalue weighted by Crippen LogP contribution is -2.10. The van der Waals surface area contributed by atoms with Crippen molar-refractivity contribution < 1.29 is 18.9 Å². The summed E-state index contributed by atoms with van der Waals surface area (Å²) in [6.07, 6.45) is 15.9. The Kier molecular flexibility index (Phi) is 7.62. The summed E-state index contributed by atoms with van der Waals surface area (Å²) in [4.78, 5) is 0. The van der Waals surface area contributed by atoms with Crippen molar-refractivity contribution in [2.75, 3.05) is 26.4 Å². The van der Waals surface area contributed by atoms with Gasteiger partial charge < -0.3 is 18.9 Å². The summed E-state index contributed by atoms with van der Waals surface area (Å²) in [6, 6.07) is 15.7. The molecule has 2 aromatic carbocycles. The van der Waals surface area contributed by atoms with Crippen molar-refractivity contribution in [1.29, 1.82) is 0 Å². The zero-order chi connectivity index (χ0) is 24.2. The Morgan fingerprint density at radius 3 is 2.08 bits per heavy atom. The second kappa shape index (κ2) is 11.4. The summed E-state index contributed by atoms with van der Waals surface area (Å²) in [5.41, 5.74) is 5.75. The predicted molar refractivity (Wildman–Crippen MR) is 143 cm³/mol. The molecule has 2 aliphatic carbocycles. The van der Waals surface area contributed by atoms with Crippen LogP contribution in [0.1, 0.15) is 92.7 Å². The summed E-state index contributed by atoms with van der Waals surface area (Å²) >= 11 is 0. The molecule has 3 fully saturated rings. The Morgan fingerprint density at radius 2 is 1.42 bits per heavy atom. The average molecular weight is 489 g/mol. The van der Waals surface area contributed by atoms with Crippen molar-refractivity contribution in [1.82, 2.24) is 0 Å². The molecule has 0 spiro atoms. The first-order valence-corrected chi connectivity index (χ1v) is 14.2. The minimum atomic E-state index is 0.292. The van der Waals surface area contributed by atoms with Crippen molar-refractivity contribution in [3.63, 3.8) is 0 Å². The SMILES string of the molecule is C1=C(c2ccc(OCC3CO3)c(C3CCCCCCC3)c2)CCC(c2ccc(OCC3CO3)cc2)C1. The summed E-state index contributed by atoms with van der Waals surface area (Å²) < 4.78 is 22.7. The van der Waals surface area contributed by atoms with Gasteiger partial charge in [-0.25, -0.2) is 0 Å². The lowest BCUT2D eigenvalue weighted by atomic mass is 9.81. The molecule has 4 nitrogen and oxygen atoms in total. The monoisotopic (exact) mass is 488 g/mol. The van der Waals surface area contributed by atoms with E-state index in [2.05, 4.69) is 48.5 Å². The number of hydrogen-bond donors (Lipinski definition) is 0. The normalized spacial score (nSPS) is 26.4. The van der Waals surface area contributed by atoms with E-state index >= 15 is 0 Å². The fraction of sp³-hybridized carbons (Fsp3) is 0.562. The van der Waals surface area contributed by atoms with Crippen molar-refractivity contribution >= 4 is 5.57 Å². The number of epoxide rings is 2. The summed E-state index contributed by atoms with van der Waals surface area (Å²) in [5.74, 6) is 3.23. The fourth-order valence-electron chi connectivity index (χ4n) is 5.90. The molecule has 192 valence electrons. The first-order chi connectivity index (χ1) is 17.8. The Labute approximate surface area is 216 Å². The van der Waals surface area contributed by atoms with Crippen LogP contribution < -0.4 is 9.47 Å². The van der Waals surface area contributed by atoms with Gasteiger partial charge in [-0.05, 0) is 90.5 Å². The molecule has 3 unspecified atom stereocenters. The Morgan fingerprint density at radius 1 is 0.722 bits per heavy atom. The first-order valence-electron chi connectivity index (χ1n) is 14.2. The molecule has 2 saturated heterocycles. The third-order valence-electron chi connectivity index (χ3n) is 8.35. The first kappa shape index (κ1) is 24.1. The topological polar surface area (TPSA) is 43.5 Å². The number of ether oxygens (including phenoxy) is 4. The average Bonchev–Trinajstić information content (AvgIpc) is 3.82. The van der Waals surface area contributed by atoms with Gasteiger partial charge in [-0.2, -0.15) is 0 Å². The molecule has 4 heteroatoms. The molecule has 2 heterocycles. The van der Waals surface area contributed by atoms with Gasteiger partial charge in [0.25, 0.3) is 0 Å². The highest BCUT2D eigenvalue weighted by molar-refractivity contribution is 5.68. The molecule has 0 radical (unpaired) electrons. The van der Waals surface area contributed by atoms with E-state index in [0.717, 1.165) is 37.6 Å². The zero-order valence-electron chi connectivity index (χ0n) is 21.5. The van der Waals surface area contributed by atoms with Gasteiger partial charge in [0, 0.05) is 0 Å². The van der Waals surface area contributed by atoms with Gasteiger partial charge in [0.05, 0.1) is 13.2 Å². The number of hydrogen-bond acceptors (Lipinski definition) is 4. The highest BCUT2D eigenvalue weighted by Gasteiger charge is 2.26. The molecular formula is C32H40O4. The van der Waals surface area contributed by atoms with E-state index in [0.29, 0.717) is 37.3 Å². The number of allylic oxidation sites excluding steroid dienone is 2. The molecule has 6 rings (SSSR count). The van der Waals surface area contributed by atoms with Crippen molar-refractivity contribution in [2.24, 2.45) is 0 Å². The summed E-state index contributed by atoms with van der Waals surface area (Å²) in [7, 11) is 0. The third-order valence-corrected chi connectivity index (χ3v) is 8.35. The molecule has 0 amide bonds. The lowest BCUT2D eigenvalue weighted by molar-refractivity contribution is 0.259. The lowest BCUT2D eigenvalue weighted by Gasteiger charge is -2.26. The molecule has 0 N–H and O–H groups in total. The molecule has 0 bridgehead atoms. The largest absolute Gasteiger partial charge is 0.491 e. The summed E-state index contributed by atoms with van der Waals surface area (Å²) in [5, 5.41) is 0. The Bertz CT molecular complexity index is 1030. The molecule has 1 saturated carbocycles. The van der Waals surface area contributed by atoms with Gasteiger partial charge in [0.1, 0.15) is 36.9 Å². The van der Waals surface area contributed by atoms with Gasteiger partial charge in [0.2, 0.25) is 0 Å². The third kappa shape index (κ3) is 6.33. The van der Waals surface area contributed by atoms with Crippen LogP contribution in [-0.4, -0.2) is 38.6 Å². The van der Waals surface area contributed by atoms with Gasteiger partial charge >= 0.3 is 0 Å². The van der Waals surface area contributed by atoms with E-state index in [1.807, 2.05) is 0 Å². The molecular weight excluding hydrogens is 448 g/mol. The second-order valence-corrected chi connectivity index (χ2v) is 11.1. The van der Waals surface area contributed by atoms with Crippen LogP contribution in [0.25, 0.3) is 5.57 Å². The molecule has 4 aliphatic rings. The second-order valence-electron chi connectivity index (χ2n) is 11.1. The minimum Gasteiger partial charge on any atom is -0.491 e. The van der Waals surface area contributed by atoms with Crippen LogP contribution >= 0.6 is 0 Å². The Balaban J connectivity index is 1.14. The van der Waals surface area contributed by atoms with Crippen LogP contribution in [0, 0.1) is 0 Å². The summed E-state index contributed by atoms with van der Waals surface area (Å²) in [6.45, 7) is 3.02. The van der Waals surface area contributed by atoms with Crippen LogP contribution in [0.3, 0.4) is 0 Å². The van der Waals surface area contributed by atoms with E-state index in [1.165, 1.54) is 73.6 Å². The highest BCUT2D eigenvalue weighted by Crippen LogP contribution is 2.41. The maximum absolute atomic E-state index is 6.29. The quantitative estimate of drug-likeness (QED) is 0.345. The maximum Gasteiger partial charge on any atom is 0.122 e. The van der Waals surface area contributed by atoms with Gasteiger partial charge in [0.15, 0.2) is 0 Å². The van der Waals surface area contributed by atoms with Gasteiger partial charge in [-0.15, -0.1) is 0 Å². The minimum absolute atomic E-state index is 0.292.